The first kappa shape index (κ1) is 15.3. The average Bonchev–Trinajstić information content (AvgIpc) is 2.96. The van der Waals surface area contributed by atoms with Gasteiger partial charge in [0.25, 0.3) is 0 Å². The zero-order chi connectivity index (χ0) is 16.2. The zero-order valence-corrected chi connectivity index (χ0v) is 13.5. The van der Waals surface area contributed by atoms with E-state index < -0.39 is 0 Å². The fraction of sp³-hybridized carbons (Fsp3) is 0.263. The third kappa shape index (κ3) is 3.42. The van der Waals surface area contributed by atoms with Crippen molar-refractivity contribution in [1.29, 1.82) is 0 Å². The molecule has 3 rings (SSSR count). The van der Waals surface area contributed by atoms with Crippen molar-refractivity contribution in [2.24, 2.45) is 0 Å². The van der Waals surface area contributed by atoms with Crippen molar-refractivity contribution in [3.8, 4) is 0 Å². The highest BCUT2D eigenvalue weighted by molar-refractivity contribution is 5.91. The molecular weight excluding hydrogens is 286 g/mol. The number of carbonyl (C=O) groups excluding carboxylic acids is 1. The Kier molecular flexibility index (Phi) is 4.42. The van der Waals surface area contributed by atoms with Crippen LogP contribution in [0.25, 0.3) is 11.0 Å². The second kappa shape index (κ2) is 6.65. The molecular formula is C19H21N3O. The first-order chi connectivity index (χ1) is 11.1. The van der Waals surface area contributed by atoms with Gasteiger partial charge in [-0.15, -0.1) is 0 Å². The van der Waals surface area contributed by atoms with E-state index in [1.54, 1.807) is 6.33 Å². The molecule has 0 spiro atoms. The smallest absolute Gasteiger partial charge is 0.226 e. The normalized spacial score (nSPS) is 11.1. The maximum absolute atomic E-state index is 12.3. The highest BCUT2D eigenvalue weighted by Crippen LogP contribution is 2.23. The summed E-state index contributed by atoms with van der Waals surface area (Å²) in [4.78, 5) is 16.6. The second-order valence-corrected chi connectivity index (χ2v) is 5.97. The third-order valence-electron chi connectivity index (χ3n) is 3.96. The average molecular weight is 307 g/mol. The van der Waals surface area contributed by atoms with Crippen LogP contribution in [-0.4, -0.2) is 15.5 Å². The van der Waals surface area contributed by atoms with Gasteiger partial charge in [-0.05, 0) is 29.7 Å². The summed E-state index contributed by atoms with van der Waals surface area (Å²) in [6.45, 7) is 4.88. The van der Waals surface area contributed by atoms with Crippen LogP contribution < -0.4 is 5.32 Å². The van der Waals surface area contributed by atoms with Gasteiger partial charge in [-0.25, -0.2) is 4.98 Å². The van der Waals surface area contributed by atoms with Crippen LogP contribution in [-0.2, 0) is 11.3 Å². The van der Waals surface area contributed by atoms with Gasteiger partial charge in [-0.1, -0.05) is 44.2 Å². The Balaban J connectivity index is 1.66. The minimum atomic E-state index is 0.0240. The molecule has 1 heterocycles. The summed E-state index contributed by atoms with van der Waals surface area (Å²) in [5, 5.41) is 3.03. The molecule has 3 aromatic rings. The van der Waals surface area contributed by atoms with E-state index in [4.69, 9.17) is 0 Å². The van der Waals surface area contributed by atoms with Crippen molar-refractivity contribution in [3.05, 3.63) is 60.4 Å². The molecule has 0 radical (unpaired) electrons. The minimum Gasteiger partial charge on any atom is -0.330 e. The van der Waals surface area contributed by atoms with Gasteiger partial charge in [0.2, 0.25) is 5.91 Å². The monoisotopic (exact) mass is 307 g/mol. The summed E-state index contributed by atoms with van der Waals surface area (Å²) in [5.41, 5.74) is 4.08. The molecule has 4 nitrogen and oxygen atoms in total. The number of para-hydroxylation sites is 3. The number of nitrogens with one attached hydrogen (secondary N) is 1. The van der Waals surface area contributed by atoms with E-state index in [0.717, 1.165) is 22.3 Å². The molecule has 1 amide bonds. The van der Waals surface area contributed by atoms with E-state index >= 15 is 0 Å². The number of fused-ring (bicyclic) bond motifs is 1. The van der Waals surface area contributed by atoms with Gasteiger partial charge >= 0.3 is 0 Å². The van der Waals surface area contributed by atoms with E-state index in [1.165, 1.54) is 0 Å². The lowest BCUT2D eigenvalue weighted by Crippen LogP contribution is -2.15. The first-order valence-corrected chi connectivity index (χ1v) is 7.94. The van der Waals surface area contributed by atoms with E-state index in [1.807, 2.05) is 47.0 Å². The van der Waals surface area contributed by atoms with Crippen molar-refractivity contribution in [3.63, 3.8) is 0 Å². The topological polar surface area (TPSA) is 46.9 Å². The molecule has 0 fully saturated rings. The molecule has 0 atom stereocenters. The lowest BCUT2D eigenvalue weighted by molar-refractivity contribution is -0.116. The summed E-state index contributed by atoms with van der Waals surface area (Å²) in [7, 11) is 0. The molecule has 0 aliphatic heterocycles. The van der Waals surface area contributed by atoms with Crippen LogP contribution >= 0.6 is 0 Å². The van der Waals surface area contributed by atoms with Gasteiger partial charge < -0.3 is 9.88 Å². The van der Waals surface area contributed by atoms with Gasteiger partial charge in [0, 0.05) is 18.7 Å². The van der Waals surface area contributed by atoms with Crippen LogP contribution in [0.15, 0.2) is 54.9 Å². The quantitative estimate of drug-likeness (QED) is 0.768. The summed E-state index contributed by atoms with van der Waals surface area (Å²) < 4.78 is 2.02. The second-order valence-electron chi connectivity index (χ2n) is 5.97. The maximum atomic E-state index is 12.3. The van der Waals surface area contributed by atoms with Crippen molar-refractivity contribution < 1.29 is 4.79 Å². The summed E-state index contributed by atoms with van der Waals surface area (Å²) in [5.74, 6) is 0.403. The molecule has 118 valence electrons. The summed E-state index contributed by atoms with van der Waals surface area (Å²) in [6.07, 6.45) is 2.22. The standard InChI is InChI=1S/C19H21N3O/c1-14(2)15-7-3-4-8-16(15)21-19(23)11-12-22-13-20-17-9-5-6-10-18(17)22/h3-10,13-14H,11-12H2,1-2H3,(H,21,23). The Morgan fingerprint density at radius 3 is 2.70 bits per heavy atom. The van der Waals surface area contributed by atoms with Crippen LogP contribution in [0.4, 0.5) is 5.69 Å². The lowest BCUT2D eigenvalue weighted by Gasteiger charge is -2.13. The van der Waals surface area contributed by atoms with Crippen molar-refractivity contribution >= 4 is 22.6 Å². The molecule has 0 aliphatic carbocycles. The highest BCUT2D eigenvalue weighted by atomic mass is 16.1. The zero-order valence-electron chi connectivity index (χ0n) is 13.5. The highest BCUT2D eigenvalue weighted by Gasteiger charge is 2.10. The molecule has 0 aliphatic rings. The van der Waals surface area contributed by atoms with Crippen molar-refractivity contribution in [2.75, 3.05) is 5.32 Å². The SMILES string of the molecule is CC(C)c1ccccc1NC(=O)CCn1cnc2ccccc21. The van der Waals surface area contributed by atoms with E-state index in [2.05, 4.69) is 30.2 Å². The Morgan fingerprint density at radius 2 is 1.87 bits per heavy atom. The summed E-state index contributed by atoms with van der Waals surface area (Å²) in [6, 6.07) is 15.9. The van der Waals surface area contributed by atoms with Crippen LogP contribution in [0, 0.1) is 0 Å². The number of anilines is 1. The van der Waals surface area contributed by atoms with Crippen LogP contribution in [0.3, 0.4) is 0 Å². The largest absolute Gasteiger partial charge is 0.330 e. The number of benzene rings is 2. The van der Waals surface area contributed by atoms with Crippen molar-refractivity contribution in [2.45, 2.75) is 32.7 Å². The van der Waals surface area contributed by atoms with Gasteiger partial charge in [-0.3, -0.25) is 4.79 Å². The first-order valence-electron chi connectivity index (χ1n) is 7.94. The number of amides is 1. The number of hydrogen-bond donors (Lipinski definition) is 1. The van der Waals surface area contributed by atoms with Crippen LogP contribution in [0.5, 0.6) is 0 Å². The molecule has 2 aromatic carbocycles. The Hall–Kier alpha value is -2.62. The fourth-order valence-electron chi connectivity index (χ4n) is 2.74. The Morgan fingerprint density at radius 1 is 1.13 bits per heavy atom. The molecule has 1 N–H and O–H groups in total. The Labute approximate surface area is 136 Å². The van der Waals surface area contributed by atoms with Gasteiger partial charge in [0.1, 0.15) is 0 Å². The van der Waals surface area contributed by atoms with Crippen LogP contribution in [0.2, 0.25) is 0 Å². The third-order valence-corrected chi connectivity index (χ3v) is 3.96. The molecule has 0 saturated carbocycles. The Bertz CT molecular complexity index is 820. The van der Waals surface area contributed by atoms with E-state index in [-0.39, 0.29) is 5.91 Å². The van der Waals surface area contributed by atoms with E-state index in [0.29, 0.717) is 18.9 Å². The number of nitrogens with zero attached hydrogens (tertiary/aromatic N) is 2. The number of carbonyl (C=O) groups is 1. The minimum absolute atomic E-state index is 0.0240. The maximum Gasteiger partial charge on any atom is 0.226 e. The molecule has 0 saturated heterocycles. The number of imidazole rings is 1. The molecule has 1 aromatic heterocycles. The molecule has 23 heavy (non-hydrogen) atoms. The molecule has 0 unspecified atom stereocenters. The summed E-state index contributed by atoms with van der Waals surface area (Å²) >= 11 is 0. The van der Waals surface area contributed by atoms with Gasteiger partial charge in [0.15, 0.2) is 0 Å². The van der Waals surface area contributed by atoms with Gasteiger partial charge in [-0.2, -0.15) is 0 Å². The lowest BCUT2D eigenvalue weighted by atomic mass is 10.0. The molecule has 0 bridgehead atoms. The van der Waals surface area contributed by atoms with E-state index in [9.17, 15) is 4.79 Å². The van der Waals surface area contributed by atoms with Crippen LogP contribution in [0.1, 0.15) is 31.7 Å². The number of aromatic nitrogens is 2. The van der Waals surface area contributed by atoms with Gasteiger partial charge in [0.05, 0.1) is 17.4 Å². The van der Waals surface area contributed by atoms with Crippen molar-refractivity contribution in [1.82, 2.24) is 9.55 Å². The molecule has 4 heteroatoms. The number of rotatable bonds is 5. The number of hydrogen-bond acceptors (Lipinski definition) is 2. The number of aryl methyl sites for hydroxylation is 1. The fourth-order valence-corrected chi connectivity index (χ4v) is 2.74. The predicted octanol–water partition coefficient (Wildman–Crippen LogP) is 4.19. The predicted molar refractivity (Wildman–Crippen MR) is 93.5 cm³/mol.